The fourth-order valence-corrected chi connectivity index (χ4v) is 3.53. The van der Waals surface area contributed by atoms with Crippen LogP contribution in [0.25, 0.3) is 0 Å². The van der Waals surface area contributed by atoms with Crippen molar-refractivity contribution in [3.8, 4) is 0 Å². The van der Waals surface area contributed by atoms with Gasteiger partial charge in [0, 0.05) is 11.6 Å². The molecule has 0 aromatic carbocycles. The van der Waals surface area contributed by atoms with E-state index in [9.17, 15) is 0 Å². The van der Waals surface area contributed by atoms with Gasteiger partial charge in [0.1, 0.15) is 0 Å². The Morgan fingerprint density at radius 1 is 1.00 bits per heavy atom. The normalized spacial score (nSPS) is 37.6. The van der Waals surface area contributed by atoms with E-state index in [1.807, 2.05) is 0 Å². The summed E-state index contributed by atoms with van der Waals surface area (Å²) in [5.41, 5.74) is 0.776. The Hall–Kier alpha value is -0.0400. The summed E-state index contributed by atoms with van der Waals surface area (Å²) in [6.07, 6.45) is 2.93. The molecule has 1 saturated heterocycles. The van der Waals surface area contributed by atoms with E-state index in [2.05, 4.69) is 46.4 Å². The molecule has 2 aliphatic rings. The standard InChI is InChI=1S/C14H27N/c1-13(2,3)12-11-9-10(11)7-8-15(12)14(4,5)6/h10-12H,7-9H2,1-6H3. The van der Waals surface area contributed by atoms with E-state index in [-0.39, 0.29) is 0 Å². The first kappa shape index (κ1) is 11.4. The third-order valence-corrected chi connectivity index (χ3v) is 4.21. The van der Waals surface area contributed by atoms with Gasteiger partial charge in [-0.15, -0.1) is 0 Å². The first-order chi connectivity index (χ1) is 6.71. The third kappa shape index (κ3) is 2.08. The number of hydrogen-bond donors (Lipinski definition) is 0. The fourth-order valence-electron chi connectivity index (χ4n) is 3.53. The average Bonchev–Trinajstić information content (AvgIpc) is 2.75. The molecule has 15 heavy (non-hydrogen) atoms. The highest BCUT2D eigenvalue weighted by atomic mass is 15.2. The lowest BCUT2D eigenvalue weighted by atomic mass is 9.78. The van der Waals surface area contributed by atoms with Crippen molar-refractivity contribution in [1.82, 2.24) is 4.90 Å². The van der Waals surface area contributed by atoms with Crippen molar-refractivity contribution in [2.75, 3.05) is 6.54 Å². The van der Waals surface area contributed by atoms with Gasteiger partial charge in [-0.1, -0.05) is 20.8 Å². The minimum absolute atomic E-state index is 0.339. The van der Waals surface area contributed by atoms with E-state index in [0.29, 0.717) is 11.0 Å². The molecule has 0 radical (unpaired) electrons. The van der Waals surface area contributed by atoms with Crippen molar-refractivity contribution in [3.05, 3.63) is 0 Å². The van der Waals surface area contributed by atoms with Gasteiger partial charge in [-0.3, -0.25) is 4.90 Å². The van der Waals surface area contributed by atoms with Crippen LogP contribution < -0.4 is 0 Å². The van der Waals surface area contributed by atoms with Crippen LogP contribution in [0.5, 0.6) is 0 Å². The Morgan fingerprint density at radius 3 is 2.07 bits per heavy atom. The van der Waals surface area contributed by atoms with Crippen LogP contribution in [-0.2, 0) is 0 Å². The van der Waals surface area contributed by atoms with Gasteiger partial charge >= 0.3 is 0 Å². The van der Waals surface area contributed by atoms with Crippen LogP contribution in [0.15, 0.2) is 0 Å². The van der Waals surface area contributed by atoms with Crippen molar-refractivity contribution in [2.45, 2.75) is 66.0 Å². The van der Waals surface area contributed by atoms with Crippen LogP contribution in [0.4, 0.5) is 0 Å². The summed E-state index contributed by atoms with van der Waals surface area (Å²) in [7, 11) is 0. The van der Waals surface area contributed by atoms with Crippen molar-refractivity contribution < 1.29 is 0 Å². The van der Waals surface area contributed by atoms with Crippen molar-refractivity contribution in [1.29, 1.82) is 0 Å². The lowest BCUT2D eigenvalue weighted by Crippen LogP contribution is -2.56. The molecule has 0 aromatic heterocycles. The fraction of sp³-hybridized carbons (Fsp3) is 1.00. The average molecular weight is 209 g/mol. The molecule has 1 aliphatic heterocycles. The maximum absolute atomic E-state index is 2.77. The molecule has 0 spiro atoms. The van der Waals surface area contributed by atoms with Gasteiger partial charge < -0.3 is 0 Å². The Morgan fingerprint density at radius 2 is 1.60 bits per heavy atom. The maximum atomic E-state index is 2.77. The van der Waals surface area contributed by atoms with Crippen LogP contribution in [0.2, 0.25) is 0 Å². The molecule has 1 nitrogen and oxygen atoms in total. The van der Waals surface area contributed by atoms with Crippen molar-refractivity contribution >= 4 is 0 Å². The molecule has 3 unspecified atom stereocenters. The summed E-state index contributed by atoms with van der Waals surface area (Å²) in [4.78, 5) is 2.77. The molecule has 0 N–H and O–H groups in total. The molecular formula is C14H27N. The van der Waals surface area contributed by atoms with Gasteiger partial charge in [0.15, 0.2) is 0 Å². The van der Waals surface area contributed by atoms with E-state index >= 15 is 0 Å². The number of piperidine rings is 1. The molecule has 0 bridgehead atoms. The lowest BCUT2D eigenvalue weighted by molar-refractivity contribution is -0.0122. The van der Waals surface area contributed by atoms with E-state index in [0.717, 1.165) is 17.9 Å². The second kappa shape index (κ2) is 3.23. The summed E-state index contributed by atoms with van der Waals surface area (Å²) in [5, 5.41) is 0. The van der Waals surface area contributed by atoms with Crippen LogP contribution in [0.1, 0.15) is 54.4 Å². The summed E-state index contributed by atoms with van der Waals surface area (Å²) in [6.45, 7) is 15.7. The van der Waals surface area contributed by atoms with Gasteiger partial charge in [-0.2, -0.15) is 0 Å². The smallest absolute Gasteiger partial charge is 0.0180 e. The Balaban J connectivity index is 2.21. The Kier molecular flexibility index (Phi) is 2.46. The monoisotopic (exact) mass is 209 g/mol. The molecule has 88 valence electrons. The molecule has 1 heteroatoms. The number of rotatable bonds is 0. The maximum Gasteiger partial charge on any atom is 0.0180 e. The molecule has 1 heterocycles. The minimum Gasteiger partial charge on any atom is -0.295 e. The van der Waals surface area contributed by atoms with Gasteiger partial charge in [0.25, 0.3) is 0 Å². The summed E-state index contributed by atoms with van der Waals surface area (Å²) < 4.78 is 0. The van der Waals surface area contributed by atoms with Gasteiger partial charge in [0.05, 0.1) is 0 Å². The van der Waals surface area contributed by atoms with Gasteiger partial charge in [-0.25, -0.2) is 0 Å². The lowest BCUT2D eigenvalue weighted by Gasteiger charge is -2.50. The predicted octanol–water partition coefficient (Wildman–Crippen LogP) is 3.54. The molecule has 0 amide bonds. The third-order valence-electron chi connectivity index (χ3n) is 4.21. The molecule has 0 aromatic rings. The number of fused-ring (bicyclic) bond motifs is 1. The first-order valence-corrected chi connectivity index (χ1v) is 6.48. The molecule has 1 saturated carbocycles. The molecule has 2 fully saturated rings. The quantitative estimate of drug-likeness (QED) is 0.590. The van der Waals surface area contributed by atoms with Crippen LogP contribution in [0, 0.1) is 17.3 Å². The van der Waals surface area contributed by atoms with Crippen molar-refractivity contribution in [2.24, 2.45) is 17.3 Å². The van der Waals surface area contributed by atoms with E-state index < -0.39 is 0 Å². The zero-order valence-corrected chi connectivity index (χ0v) is 11.3. The number of nitrogens with zero attached hydrogens (tertiary/aromatic N) is 1. The van der Waals surface area contributed by atoms with Crippen molar-refractivity contribution in [3.63, 3.8) is 0 Å². The second-order valence-corrected chi connectivity index (χ2v) is 7.62. The second-order valence-electron chi connectivity index (χ2n) is 7.62. The largest absolute Gasteiger partial charge is 0.295 e. The number of likely N-dealkylation sites (tertiary alicyclic amines) is 1. The predicted molar refractivity (Wildman–Crippen MR) is 65.9 cm³/mol. The highest BCUT2D eigenvalue weighted by Crippen LogP contribution is 2.54. The van der Waals surface area contributed by atoms with Gasteiger partial charge in [0.2, 0.25) is 0 Å². The van der Waals surface area contributed by atoms with E-state index in [1.54, 1.807) is 0 Å². The van der Waals surface area contributed by atoms with Gasteiger partial charge in [-0.05, 0) is 57.4 Å². The highest BCUT2D eigenvalue weighted by Gasteiger charge is 2.54. The van der Waals surface area contributed by atoms with Crippen LogP contribution in [0.3, 0.4) is 0 Å². The summed E-state index contributed by atoms with van der Waals surface area (Å²) in [6, 6.07) is 0.802. The first-order valence-electron chi connectivity index (χ1n) is 6.48. The minimum atomic E-state index is 0.339. The zero-order chi connectivity index (χ0) is 11.4. The number of hydrogen-bond acceptors (Lipinski definition) is 1. The Bertz CT molecular complexity index is 243. The van der Waals surface area contributed by atoms with E-state index in [1.165, 1.54) is 19.4 Å². The molecule has 1 aliphatic carbocycles. The van der Waals surface area contributed by atoms with Crippen LogP contribution in [-0.4, -0.2) is 23.0 Å². The SMILES string of the molecule is CC(C)(C)C1C2CC2CCN1C(C)(C)C. The van der Waals surface area contributed by atoms with Crippen LogP contribution >= 0.6 is 0 Å². The topological polar surface area (TPSA) is 3.24 Å². The molecular weight excluding hydrogens is 182 g/mol. The zero-order valence-electron chi connectivity index (χ0n) is 11.3. The van der Waals surface area contributed by atoms with E-state index in [4.69, 9.17) is 0 Å². The summed E-state index contributed by atoms with van der Waals surface area (Å²) >= 11 is 0. The highest BCUT2D eigenvalue weighted by molar-refractivity contribution is 5.06. The Labute approximate surface area is 95.2 Å². The molecule has 3 atom stereocenters. The molecule has 2 rings (SSSR count). The summed E-state index contributed by atoms with van der Waals surface area (Å²) in [5.74, 6) is 2.06.